The summed E-state index contributed by atoms with van der Waals surface area (Å²) in [5.41, 5.74) is 2.16. The predicted octanol–water partition coefficient (Wildman–Crippen LogP) is 4.64. The molecule has 0 aromatic carbocycles. The zero-order valence-corrected chi connectivity index (χ0v) is 14.9. The molecule has 2 aromatic rings. The van der Waals surface area contributed by atoms with Gasteiger partial charge in [0.2, 0.25) is 5.82 Å². The van der Waals surface area contributed by atoms with Gasteiger partial charge in [-0.1, -0.05) is 24.4 Å². The molecule has 0 unspecified atom stereocenters. The largest absolute Gasteiger partial charge is 0.362 e. The molecule has 7 heteroatoms. The van der Waals surface area contributed by atoms with Crippen molar-refractivity contribution in [1.82, 2.24) is 10.1 Å². The zero-order chi connectivity index (χ0) is 18.0. The average Bonchev–Trinajstić information content (AvgIpc) is 2.94. The molecule has 1 fully saturated rings. The van der Waals surface area contributed by atoms with Crippen LogP contribution in [0.15, 0.2) is 16.7 Å². The molecular weight excluding hydrogens is 320 g/mol. The number of hydrogen-bond acceptors (Lipinski definition) is 6. The van der Waals surface area contributed by atoms with E-state index in [2.05, 4.69) is 22.4 Å². The molecule has 3 rings (SSSR count). The highest BCUT2D eigenvalue weighted by atomic mass is 16.6. The Balaban J connectivity index is 1.92. The summed E-state index contributed by atoms with van der Waals surface area (Å²) >= 11 is 0. The summed E-state index contributed by atoms with van der Waals surface area (Å²) in [6.45, 7) is 5.74. The second-order valence-corrected chi connectivity index (χ2v) is 6.85. The van der Waals surface area contributed by atoms with Crippen LogP contribution in [0.5, 0.6) is 0 Å². The van der Waals surface area contributed by atoms with E-state index in [1.165, 1.54) is 25.3 Å². The highest BCUT2D eigenvalue weighted by molar-refractivity contribution is 5.69. The number of aryl methyl sites for hydroxylation is 2. The van der Waals surface area contributed by atoms with Gasteiger partial charge in [0.15, 0.2) is 0 Å². The number of nitrogens with one attached hydrogen (secondary N) is 1. The second kappa shape index (κ2) is 7.21. The SMILES string of the molecule is Cc1noc(C)c1-c1ccc([N+](=O)[O-])c(N[C@@H](C)C2CCCCC2)n1. The fraction of sp³-hybridized carbons (Fsp3) is 0.556. The Morgan fingerprint density at radius 1 is 1.28 bits per heavy atom. The van der Waals surface area contributed by atoms with Crippen molar-refractivity contribution in [3.05, 3.63) is 33.7 Å². The van der Waals surface area contributed by atoms with Gasteiger partial charge >= 0.3 is 5.69 Å². The van der Waals surface area contributed by atoms with E-state index in [1.54, 1.807) is 6.07 Å². The van der Waals surface area contributed by atoms with Crippen LogP contribution in [0, 0.1) is 29.9 Å². The molecule has 25 heavy (non-hydrogen) atoms. The first-order chi connectivity index (χ1) is 12.0. The lowest BCUT2D eigenvalue weighted by atomic mass is 9.84. The van der Waals surface area contributed by atoms with Crippen molar-refractivity contribution in [2.75, 3.05) is 5.32 Å². The van der Waals surface area contributed by atoms with Crippen LogP contribution in [0.3, 0.4) is 0 Å². The Morgan fingerprint density at radius 3 is 2.60 bits per heavy atom. The van der Waals surface area contributed by atoms with Gasteiger partial charge in [0, 0.05) is 12.1 Å². The van der Waals surface area contributed by atoms with Gasteiger partial charge in [-0.25, -0.2) is 4.98 Å². The molecule has 0 radical (unpaired) electrons. The summed E-state index contributed by atoms with van der Waals surface area (Å²) in [5.74, 6) is 1.50. The van der Waals surface area contributed by atoms with Gasteiger partial charge in [0.1, 0.15) is 5.76 Å². The van der Waals surface area contributed by atoms with E-state index < -0.39 is 0 Å². The van der Waals surface area contributed by atoms with Crippen LogP contribution in [-0.4, -0.2) is 21.1 Å². The van der Waals surface area contributed by atoms with E-state index in [4.69, 9.17) is 4.52 Å². The van der Waals surface area contributed by atoms with E-state index >= 15 is 0 Å². The van der Waals surface area contributed by atoms with Crippen molar-refractivity contribution in [3.8, 4) is 11.3 Å². The quantitative estimate of drug-likeness (QED) is 0.627. The van der Waals surface area contributed by atoms with Gasteiger partial charge in [-0.3, -0.25) is 10.1 Å². The number of rotatable bonds is 5. The van der Waals surface area contributed by atoms with Crippen LogP contribution >= 0.6 is 0 Å². The Labute approximate surface area is 147 Å². The third kappa shape index (κ3) is 3.65. The van der Waals surface area contributed by atoms with Crippen molar-refractivity contribution in [2.24, 2.45) is 5.92 Å². The predicted molar refractivity (Wildman–Crippen MR) is 95.5 cm³/mol. The summed E-state index contributed by atoms with van der Waals surface area (Å²) in [6, 6.07) is 3.30. The van der Waals surface area contributed by atoms with E-state index in [0.717, 1.165) is 24.1 Å². The minimum atomic E-state index is -0.389. The molecule has 0 saturated heterocycles. The van der Waals surface area contributed by atoms with Crippen molar-refractivity contribution in [2.45, 2.75) is 58.9 Å². The van der Waals surface area contributed by atoms with Crippen LogP contribution < -0.4 is 5.32 Å². The molecular formula is C18H24N4O3. The van der Waals surface area contributed by atoms with Gasteiger partial charge in [-0.15, -0.1) is 0 Å². The summed E-state index contributed by atoms with van der Waals surface area (Å²) in [4.78, 5) is 15.6. The molecule has 0 spiro atoms. The molecule has 1 saturated carbocycles. The topological polar surface area (TPSA) is 94.1 Å². The Morgan fingerprint density at radius 2 is 2.00 bits per heavy atom. The van der Waals surface area contributed by atoms with Crippen molar-refractivity contribution in [3.63, 3.8) is 0 Å². The third-order valence-corrected chi connectivity index (χ3v) is 5.08. The standard InChI is InChI=1S/C18H24N4O3/c1-11(14-7-5-4-6-8-14)19-18-16(22(23)24)10-9-15(20-18)17-12(2)21-25-13(17)3/h9-11,14H,4-8H2,1-3H3,(H,19,20)/t11-/m0/s1. The summed E-state index contributed by atoms with van der Waals surface area (Å²) in [6.07, 6.45) is 6.05. The van der Waals surface area contributed by atoms with E-state index in [9.17, 15) is 10.1 Å². The van der Waals surface area contributed by atoms with Gasteiger partial charge in [0.05, 0.1) is 21.9 Å². The Kier molecular flexibility index (Phi) is 5.01. The summed E-state index contributed by atoms with van der Waals surface area (Å²) < 4.78 is 5.20. The van der Waals surface area contributed by atoms with Crippen LogP contribution in [0.2, 0.25) is 0 Å². The summed E-state index contributed by atoms with van der Waals surface area (Å²) in [7, 11) is 0. The van der Waals surface area contributed by atoms with Crippen molar-refractivity contribution < 1.29 is 9.45 Å². The Bertz CT molecular complexity index is 746. The van der Waals surface area contributed by atoms with Gasteiger partial charge in [0.25, 0.3) is 0 Å². The zero-order valence-electron chi connectivity index (χ0n) is 14.9. The average molecular weight is 344 g/mol. The number of aromatic nitrogens is 2. The summed E-state index contributed by atoms with van der Waals surface area (Å²) in [5, 5.41) is 18.6. The highest BCUT2D eigenvalue weighted by Crippen LogP contribution is 2.33. The smallest absolute Gasteiger partial charge is 0.311 e. The highest BCUT2D eigenvalue weighted by Gasteiger charge is 2.25. The molecule has 1 aliphatic rings. The molecule has 7 nitrogen and oxygen atoms in total. The van der Waals surface area contributed by atoms with Crippen LogP contribution in [-0.2, 0) is 0 Å². The van der Waals surface area contributed by atoms with Crippen LogP contribution in [0.25, 0.3) is 11.3 Å². The fourth-order valence-corrected chi connectivity index (χ4v) is 3.66. The fourth-order valence-electron chi connectivity index (χ4n) is 3.66. The maximum absolute atomic E-state index is 11.4. The lowest BCUT2D eigenvalue weighted by Gasteiger charge is -2.28. The maximum atomic E-state index is 11.4. The molecule has 1 atom stereocenters. The molecule has 134 valence electrons. The van der Waals surface area contributed by atoms with Crippen LogP contribution in [0.4, 0.5) is 11.5 Å². The van der Waals surface area contributed by atoms with Gasteiger partial charge in [-0.2, -0.15) is 0 Å². The minimum Gasteiger partial charge on any atom is -0.362 e. The number of pyridine rings is 1. The second-order valence-electron chi connectivity index (χ2n) is 6.85. The lowest BCUT2D eigenvalue weighted by Crippen LogP contribution is -2.28. The normalized spacial score (nSPS) is 16.6. The molecule has 0 amide bonds. The molecule has 1 aliphatic carbocycles. The first-order valence-electron chi connectivity index (χ1n) is 8.82. The van der Waals surface area contributed by atoms with E-state index in [-0.39, 0.29) is 16.7 Å². The molecule has 2 aromatic heterocycles. The van der Waals surface area contributed by atoms with E-state index in [0.29, 0.717) is 23.2 Å². The lowest BCUT2D eigenvalue weighted by molar-refractivity contribution is -0.384. The first kappa shape index (κ1) is 17.4. The molecule has 0 aliphatic heterocycles. The molecule has 0 bridgehead atoms. The number of nitro groups is 1. The maximum Gasteiger partial charge on any atom is 0.311 e. The van der Waals surface area contributed by atoms with Crippen molar-refractivity contribution in [1.29, 1.82) is 0 Å². The minimum absolute atomic E-state index is 0.00169. The van der Waals surface area contributed by atoms with Gasteiger partial charge in [-0.05, 0) is 45.6 Å². The number of hydrogen-bond donors (Lipinski definition) is 1. The van der Waals surface area contributed by atoms with Crippen LogP contribution in [0.1, 0.15) is 50.5 Å². The third-order valence-electron chi connectivity index (χ3n) is 5.08. The van der Waals surface area contributed by atoms with E-state index in [1.807, 2.05) is 13.8 Å². The van der Waals surface area contributed by atoms with Crippen molar-refractivity contribution >= 4 is 11.5 Å². The molecule has 2 heterocycles. The Hall–Kier alpha value is -2.44. The van der Waals surface area contributed by atoms with Gasteiger partial charge < -0.3 is 9.84 Å². The number of anilines is 1. The monoisotopic (exact) mass is 344 g/mol. The first-order valence-corrected chi connectivity index (χ1v) is 8.82. The molecule has 1 N–H and O–H groups in total. The number of nitrogens with zero attached hydrogens (tertiary/aromatic N) is 3.